The summed E-state index contributed by atoms with van der Waals surface area (Å²) < 4.78 is 2.09. The first-order chi connectivity index (χ1) is 18.0. The number of hydrogen-bond donors (Lipinski definition) is 2. The summed E-state index contributed by atoms with van der Waals surface area (Å²) in [7, 11) is 0. The van der Waals surface area contributed by atoms with Crippen molar-refractivity contribution in [3.63, 3.8) is 0 Å². The molecular formula is C30H31N7. The molecule has 1 saturated heterocycles. The maximum absolute atomic E-state index is 6.30. The molecule has 0 unspecified atom stereocenters. The molecule has 37 heavy (non-hydrogen) atoms. The van der Waals surface area contributed by atoms with E-state index in [1.807, 2.05) is 42.5 Å². The summed E-state index contributed by atoms with van der Waals surface area (Å²) in [6, 6.07) is 27.8. The van der Waals surface area contributed by atoms with Gasteiger partial charge in [-0.2, -0.15) is 0 Å². The van der Waals surface area contributed by atoms with E-state index < -0.39 is 0 Å². The molecule has 186 valence electrons. The molecule has 7 heteroatoms. The van der Waals surface area contributed by atoms with Gasteiger partial charge in [0.2, 0.25) is 0 Å². The van der Waals surface area contributed by atoms with Crippen molar-refractivity contribution in [2.24, 2.45) is 0 Å². The predicted molar refractivity (Wildman–Crippen MR) is 149 cm³/mol. The third-order valence-electron chi connectivity index (χ3n) is 6.89. The van der Waals surface area contributed by atoms with E-state index >= 15 is 0 Å². The number of piperazine rings is 1. The molecule has 0 aliphatic carbocycles. The van der Waals surface area contributed by atoms with Crippen molar-refractivity contribution < 1.29 is 0 Å². The second-order valence-electron chi connectivity index (χ2n) is 9.94. The van der Waals surface area contributed by atoms with Gasteiger partial charge in [0.15, 0.2) is 11.5 Å². The Labute approximate surface area is 217 Å². The van der Waals surface area contributed by atoms with E-state index in [0.29, 0.717) is 17.9 Å². The van der Waals surface area contributed by atoms with E-state index in [1.165, 1.54) is 5.56 Å². The van der Waals surface area contributed by atoms with E-state index in [0.717, 1.165) is 59.1 Å². The molecule has 6 rings (SSSR count). The van der Waals surface area contributed by atoms with Gasteiger partial charge in [0.1, 0.15) is 11.3 Å². The fourth-order valence-electron chi connectivity index (χ4n) is 5.34. The van der Waals surface area contributed by atoms with Crippen LogP contribution in [0.4, 0.5) is 5.82 Å². The van der Waals surface area contributed by atoms with Crippen molar-refractivity contribution in [2.45, 2.75) is 32.5 Å². The van der Waals surface area contributed by atoms with Crippen molar-refractivity contribution in [1.82, 2.24) is 29.7 Å². The van der Waals surface area contributed by atoms with Crippen LogP contribution in [0.3, 0.4) is 0 Å². The molecule has 3 N–H and O–H groups in total. The normalized spacial score (nSPS) is 18.3. The summed E-state index contributed by atoms with van der Waals surface area (Å²) in [6.07, 6.45) is 1.70. The molecule has 0 spiro atoms. The highest BCUT2D eigenvalue weighted by molar-refractivity contribution is 5.84. The Morgan fingerprint density at radius 3 is 2.35 bits per heavy atom. The average Bonchev–Trinajstić information content (AvgIpc) is 3.28. The van der Waals surface area contributed by atoms with Crippen LogP contribution < -0.4 is 11.1 Å². The molecule has 1 aliphatic rings. The van der Waals surface area contributed by atoms with Crippen LogP contribution in [0.2, 0.25) is 0 Å². The molecule has 2 atom stereocenters. The lowest BCUT2D eigenvalue weighted by molar-refractivity contribution is 0.166. The minimum absolute atomic E-state index is 0.445. The monoisotopic (exact) mass is 489 g/mol. The van der Waals surface area contributed by atoms with Crippen LogP contribution >= 0.6 is 0 Å². The van der Waals surface area contributed by atoms with E-state index in [-0.39, 0.29) is 0 Å². The van der Waals surface area contributed by atoms with Gasteiger partial charge in [0, 0.05) is 49.2 Å². The molecule has 1 aliphatic heterocycles. The molecule has 0 radical (unpaired) electrons. The summed E-state index contributed by atoms with van der Waals surface area (Å²) in [5, 5.41) is 3.61. The Hall–Kier alpha value is -4.07. The molecule has 3 aromatic heterocycles. The van der Waals surface area contributed by atoms with Gasteiger partial charge in [-0.1, -0.05) is 42.5 Å². The van der Waals surface area contributed by atoms with Crippen molar-refractivity contribution >= 4 is 17.0 Å². The largest absolute Gasteiger partial charge is 0.383 e. The Morgan fingerprint density at radius 1 is 0.865 bits per heavy atom. The molecule has 2 aromatic carbocycles. The first kappa shape index (κ1) is 23.3. The van der Waals surface area contributed by atoms with E-state index in [2.05, 4.69) is 70.0 Å². The van der Waals surface area contributed by atoms with Crippen LogP contribution in [0.25, 0.3) is 39.5 Å². The SMILES string of the molecule is C[C@H]1CN(Cc2ccc(-n3c(-c4cccnc4N)nc4ccc(-c5ccccc5)nc43)cc2)C[C@H](C)N1. The number of imidazole rings is 1. The molecule has 7 nitrogen and oxygen atoms in total. The number of rotatable bonds is 5. The first-order valence-corrected chi connectivity index (χ1v) is 12.8. The summed E-state index contributed by atoms with van der Waals surface area (Å²) >= 11 is 0. The van der Waals surface area contributed by atoms with Gasteiger partial charge < -0.3 is 11.1 Å². The van der Waals surface area contributed by atoms with Crippen LogP contribution in [0, 0.1) is 0 Å². The Kier molecular flexibility index (Phi) is 6.16. The topological polar surface area (TPSA) is 84.9 Å². The summed E-state index contributed by atoms with van der Waals surface area (Å²) in [5.41, 5.74) is 12.9. The van der Waals surface area contributed by atoms with Crippen LogP contribution in [-0.2, 0) is 6.54 Å². The minimum atomic E-state index is 0.445. The highest BCUT2D eigenvalue weighted by atomic mass is 15.2. The van der Waals surface area contributed by atoms with E-state index in [9.17, 15) is 0 Å². The van der Waals surface area contributed by atoms with Crippen molar-refractivity contribution in [1.29, 1.82) is 0 Å². The van der Waals surface area contributed by atoms with Gasteiger partial charge >= 0.3 is 0 Å². The fourth-order valence-corrected chi connectivity index (χ4v) is 5.34. The van der Waals surface area contributed by atoms with Crippen LogP contribution in [0.5, 0.6) is 0 Å². The van der Waals surface area contributed by atoms with Crippen molar-refractivity contribution in [3.05, 3.63) is 90.6 Å². The smallest absolute Gasteiger partial charge is 0.165 e. The van der Waals surface area contributed by atoms with Crippen LogP contribution in [0.15, 0.2) is 85.1 Å². The number of fused-ring (bicyclic) bond motifs is 1. The second kappa shape index (κ2) is 9.76. The summed E-state index contributed by atoms with van der Waals surface area (Å²) in [6.45, 7) is 7.53. The summed E-state index contributed by atoms with van der Waals surface area (Å²) in [5.74, 6) is 1.18. The number of nitrogens with zero attached hydrogens (tertiary/aromatic N) is 5. The standard InChI is InChI=1S/C30H31N7/c1-20-17-36(18-21(2)33-20)19-22-10-12-24(13-11-22)37-29(25-9-6-16-32-28(25)31)35-27-15-14-26(34-30(27)37)23-7-4-3-5-8-23/h3-16,20-21,33H,17-19H2,1-2H3,(H2,31,32)/t20-,21-/m0/s1. The lowest BCUT2D eigenvalue weighted by atomic mass is 10.1. The second-order valence-corrected chi connectivity index (χ2v) is 9.94. The van der Waals surface area contributed by atoms with E-state index in [4.69, 9.17) is 15.7 Å². The molecular weight excluding hydrogens is 458 g/mol. The zero-order valence-corrected chi connectivity index (χ0v) is 21.2. The van der Waals surface area contributed by atoms with Gasteiger partial charge in [-0.3, -0.25) is 9.47 Å². The molecule has 4 heterocycles. The van der Waals surface area contributed by atoms with Gasteiger partial charge in [-0.25, -0.2) is 15.0 Å². The highest BCUT2D eigenvalue weighted by Crippen LogP contribution is 2.31. The lowest BCUT2D eigenvalue weighted by Gasteiger charge is -2.36. The van der Waals surface area contributed by atoms with Gasteiger partial charge in [-0.15, -0.1) is 0 Å². The number of nitrogens with two attached hydrogens (primary N) is 1. The van der Waals surface area contributed by atoms with E-state index in [1.54, 1.807) is 6.20 Å². The van der Waals surface area contributed by atoms with Gasteiger partial charge in [0.25, 0.3) is 0 Å². The van der Waals surface area contributed by atoms with Crippen molar-refractivity contribution in [3.8, 4) is 28.3 Å². The number of benzene rings is 2. The average molecular weight is 490 g/mol. The number of aromatic nitrogens is 4. The molecule has 0 bridgehead atoms. The number of hydrogen-bond acceptors (Lipinski definition) is 6. The highest BCUT2D eigenvalue weighted by Gasteiger charge is 2.22. The minimum Gasteiger partial charge on any atom is -0.383 e. The fraction of sp³-hybridized carbons (Fsp3) is 0.233. The number of nitrogen functional groups attached to an aromatic ring is 1. The Bertz CT molecular complexity index is 1520. The number of pyridine rings is 2. The van der Waals surface area contributed by atoms with Gasteiger partial charge in [0.05, 0.1) is 11.3 Å². The number of nitrogens with one attached hydrogen (secondary N) is 1. The van der Waals surface area contributed by atoms with Crippen LogP contribution in [-0.4, -0.2) is 49.6 Å². The zero-order valence-electron chi connectivity index (χ0n) is 21.2. The molecule has 5 aromatic rings. The zero-order chi connectivity index (χ0) is 25.4. The third kappa shape index (κ3) is 4.71. The maximum atomic E-state index is 6.30. The quantitative estimate of drug-likeness (QED) is 0.365. The van der Waals surface area contributed by atoms with Gasteiger partial charge in [-0.05, 0) is 55.8 Å². The summed E-state index contributed by atoms with van der Waals surface area (Å²) in [4.78, 5) is 16.8. The van der Waals surface area contributed by atoms with Crippen molar-refractivity contribution in [2.75, 3.05) is 18.8 Å². The number of anilines is 1. The molecule has 1 fully saturated rings. The van der Waals surface area contributed by atoms with Crippen LogP contribution in [0.1, 0.15) is 19.4 Å². The third-order valence-corrected chi connectivity index (χ3v) is 6.89. The molecule has 0 amide bonds. The lowest BCUT2D eigenvalue weighted by Crippen LogP contribution is -2.53. The first-order valence-electron chi connectivity index (χ1n) is 12.8. The molecule has 0 saturated carbocycles. The maximum Gasteiger partial charge on any atom is 0.165 e. The Morgan fingerprint density at radius 2 is 1.62 bits per heavy atom. The predicted octanol–water partition coefficient (Wildman–Crippen LogP) is 4.91. The Balaban J connectivity index is 1.43.